The van der Waals surface area contributed by atoms with Crippen LogP contribution in [0.2, 0.25) is 0 Å². The Kier molecular flexibility index (Phi) is 3.97. The van der Waals surface area contributed by atoms with Crippen LogP contribution in [0, 0.1) is 5.82 Å². The molecular weight excluding hydrogens is 303 g/mol. The third kappa shape index (κ3) is 2.59. The van der Waals surface area contributed by atoms with E-state index < -0.39 is 6.10 Å². The van der Waals surface area contributed by atoms with E-state index in [-0.39, 0.29) is 5.82 Å². The Morgan fingerprint density at radius 1 is 1.35 bits per heavy atom. The van der Waals surface area contributed by atoms with Gasteiger partial charge < -0.3 is 5.11 Å². The summed E-state index contributed by atoms with van der Waals surface area (Å²) < 4.78 is 13.7. The van der Waals surface area contributed by atoms with Crippen LogP contribution >= 0.6 is 27.3 Å². The van der Waals surface area contributed by atoms with Crippen molar-refractivity contribution in [2.24, 2.45) is 0 Å². The summed E-state index contributed by atoms with van der Waals surface area (Å²) in [5.74, 6) is -0.353. The van der Waals surface area contributed by atoms with Gasteiger partial charge in [-0.25, -0.2) is 4.39 Å². The summed E-state index contributed by atoms with van der Waals surface area (Å²) in [5, 5.41) is 10.2. The number of rotatable bonds is 3. The van der Waals surface area contributed by atoms with Gasteiger partial charge in [-0.3, -0.25) is 0 Å². The Morgan fingerprint density at radius 3 is 2.76 bits per heavy atom. The molecule has 0 saturated heterocycles. The normalized spacial score (nSPS) is 12.7. The summed E-state index contributed by atoms with van der Waals surface area (Å²) in [4.78, 5) is 2.06. The lowest BCUT2D eigenvalue weighted by Gasteiger charge is -2.11. The van der Waals surface area contributed by atoms with Crippen LogP contribution < -0.4 is 0 Å². The molecule has 0 fully saturated rings. The van der Waals surface area contributed by atoms with Crippen LogP contribution in [-0.2, 0) is 6.42 Å². The number of hydrogen-bond acceptors (Lipinski definition) is 2. The highest BCUT2D eigenvalue weighted by Crippen LogP contribution is 2.33. The molecule has 2 rings (SSSR count). The van der Waals surface area contributed by atoms with Gasteiger partial charge >= 0.3 is 0 Å². The van der Waals surface area contributed by atoms with E-state index >= 15 is 0 Å². The molecule has 0 aliphatic heterocycles. The number of thiophene rings is 1. The molecular formula is C13H12BrFOS. The molecule has 1 heterocycles. The second kappa shape index (κ2) is 5.29. The average molecular weight is 315 g/mol. The predicted molar refractivity (Wildman–Crippen MR) is 71.9 cm³/mol. The van der Waals surface area contributed by atoms with Crippen molar-refractivity contribution in [2.45, 2.75) is 19.4 Å². The second-order valence-electron chi connectivity index (χ2n) is 3.70. The van der Waals surface area contributed by atoms with Crippen molar-refractivity contribution in [1.29, 1.82) is 0 Å². The molecule has 0 spiro atoms. The summed E-state index contributed by atoms with van der Waals surface area (Å²) in [5.41, 5.74) is 0.564. The Morgan fingerprint density at radius 2 is 2.12 bits per heavy atom. The van der Waals surface area contributed by atoms with Crippen molar-refractivity contribution in [1.82, 2.24) is 0 Å². The lowest BCUT2D eigenvalue weighted by Crippen LogP contribution is -1.99. The van der Waals surface area contributed by atoms with E-state index in [4.69, 9.17) is 0 Å². The fraction of sp³-hybridized carbons (Fsp3) is 0.231. The van der Waals surface area contributed by atoms with Crippen molar-refractivity contribution < 1.29 is 9.50 Å². The van der Waals surface area contributed by atoms with Gasteiger partial charge in [0.1, 0.15) is 11.9 Å². The third-order valence-corrected chi connectivity index (χ3v) is 4.70. The Labute approximate surface area is 112 Å². The maximum absolute atomic E-state index is 13.4. The summed E-state index contributed by atoms with van der Waals surface area (Å²) in [6, 6.07) is 8.59. The maximum Gasteiger partial charge on any atom is 0.137 e. The molecule has 0 aliphatic carbocycles. The maximum atomic E-state index is 13.4. The molecule has 1 aromatic carbocycles. The van der Waals surface area contributed by atoms with Gasteiger partial charge in [0.05, 0.1) is 4.47 Å². The zero-order chi connectivity index (χ0) is 12.4. The van der Waals surface area contributed by atoms with Crippen molar-refractivity contribution in [3.63, 3.8) is 0 Å². The molecule has 1 nitrogen and oxygen atoms in total. The molecule has 4 heteroatoms. The fourth-order valence-electron chi connectivity index (χ4n) is 1.62. The second-order valence-corrected chi connectivity index (χ2v) is 5.70. The third-order valence-electron chi connectivity index (χ3n) is 2.58. The van der Waals surface area contributed by atoms with Gasteiger partial charge in [0, 0.05) is 15.3 Å². The first-order valence-electron chi connectivity index (χ1n) is 5.34. The summed E-state index contributed by atoms with van der Waals surface area (Å²) in [7, 11) is 0. The van der Waals surface area contributed by atoms with Crippen LogP contribution in [0.4, 0.5) is 4.39 Å². The van der Waals surface area contributed by atoms with Crippen LogP contribution in [0.5, 0.6) is 0 Å². The number of aliphatic hydroxyl groups is 1. The lowest BCUT2D eigenvalue weighted by molar-refractivity contribution is 0.222. The number of aliphatic hydroxyl groups excluding tert-OH is 1. The number of aryl methyl sites for hydroxylation is 1. The Bertz CT molecular complexity index is 524. The average Bonchev–Trinajstić information content (AvgIpc) is 2.80. The quantitative estimate of drug-likeness (QED) is 0.895. The molecule has 0 amide bonds. The topological polar surface area (TPSA) is 20.2 Å². The van der Waals surface area contributed by atoms with Crippen molar-refractivity contribution in [3.05, 3.63) is 55.9 Å². The highest BCUT2D eigenvalue weighted by molar-refractivity contribution is 9.10. The monoisotopic (exact) mass is 314 g/mol. The van der Waals surface area contributed by atoms with Crippen molar-refractivity contribution >= 4 is 27.3 Å². The standard InChI is InChI=1S/C13H12BrFOS/c1-2-8-6-7-11(17-8)13(16)9-4-3-5-10(15)12(9)14/h3-7,13,16H,2H2,1H3. The molecule has 0 aliphatic rings. The van der Waals surface area contributed by atoms with Gasteiger partial charge in [0.2, 0.25) is 0 Å². The molecule has 0 saturated carbocycles. The molecule has 90 valence electrons. The number of hydrogen-bond donors (Lipinski definition) is 1. The summed E-state index contributed by atoms with van der Waals surface area (Å²) >= 11 is 4.73. The lowest BCUT2D eigenvalue weighted by atomic mass is 10.1. The first-order chi connectivity index (χ1) is 8.13. The minimum atomic E-state index is -0.773. The van der Waals surface area contributed by atoms with Crippen LogP contribution in [0.3, 0.4) is 0 Å². The van der Waals surface area contributed by atoms with Crippen LogP contribution in [0.15, 0.2) is 34.8 Å². The van der Waals surface area contributed by atoms with Crippen molar-refractivity contribution in [3.8, 4) is 0 Å². The minimum Gasteiger partial charge on any atom is -0.383 e. The number of benzene rings is 1. The van der Waals surface area contributed by atoms with E-state index in [0.29, 0.717) is 10.0 Å². The Hall–Kier alpha value is -0.710. The van der Waals surface area contributed by atoms with E-state index in [2.05, 4.69) is 22.9 Å². The van der Waals surface area contributed by atoms with E-state index in [9.17, 15) is 9.50 Å². The molecule has 0 radical (unpaired) electrons. The van der Waals surface area contributed by atoms with E-state index in [1.807, 2.05) is 12.1 Å². The number of halogens is 2. The molecule has 1 aromatic heterocycles. The largest absolute Gasteiger partial charge is 0.383 e. The highest BCUT2D eigenvalue weighted by atomic mass is 79.9. The molecule has 0 bridgehead atoms. The van der Waals surface area contributed by atoms with Crippen LogP contribution in [-0.4, -0.2) is 5.11 Å². The molecule has 1 atom stereocenters. The molecule has 1 unspecified atom stereocenters. The van der Waals surface area contributed by atoms with Gasteiger partial charge in [-0.15, -0.1) is 11.3 Å². The van der Waals surface area contributed by atoms with Crippen LogP contribution in [0.1, 0.15) is 28.3 Å². The van der Waals surface area contributed by atoms with E-state index in [0.717, 1.165) is 11.3 Å². The highest BCUT2D eigenvalue weighted by Gasteiger charge is 2.17. The molecule has 2 aromatic rings. The first kappa shape index (κ1) is 12.7. The van der Waals surface area contributed by atoms with Crippen molar-refractivity contribution in [2.75, 3.05) is 0 Å². The zero-order valence-electron chi connectivity index (χ0n) is 9.28. The van der Waals surface area contributed by atoms with Gasteiger partial charge in [-0.2, -0.15) is 0 Å². The Balaban J connectivity index is 2.36. The first-order valence-corrected chi connectivity index (χ1v) is 6.95. The smallest absolute Gasteiger partial charge is 0.137 e. The van der Waals surface area contributed by atoms with E-state index in [1.165, 1.54) is 10.9 Å². The zero-order valence-corrected chi connectivity index (χ0v) is 11.7. The molecule has 17 heavy (non-hydrogen) atoms. The summed E-state index contributed by atoms with van der Waals surface area (Å²) in [6.45, 7) is 2.07. The van der Waals surface area contributed by atoms with Crippen LogP contribution in [0.25, 0.3) is 0 Å². The minimum absolute atomic E-state index is 0.332. The van der Waals surface area contributed by atoms with Gasteiger partial charge in [-0.05, 0) is 40.5 Å². The molecule has 1 N–H and O–H groups in total. The van der Waals surface area contributed by atoms with Gasteiger partial charge in [-0.1, -0.05) is 19.1 Å². The summed E-state index contributed by atoms with van der Waals surface area (Å²) in [6.07, 6.45) is 0.173. The fourth-order valence-corrected chi connectivity index (χ4v) is 3.06. The predicted octanol–water partition coefficient (Wildman–Crippen LogP) is 4.29. The van der Waals surface area contributed by atoms with Gasteiger partial charge in [0.15, 0.2) is 0 Å². The van der Waals surface area contributed by atoms with E-state index in [1.54, 1.807) is 23.5 Å². The SMILES string of the molecule is CCc1ccc(C(O)c2cccc(F)c2Br)s1. The van der Waals surface area contributed by atoms with Gasteiger partial charge in [0.25, 0.3) is 0 Å².